The molecular weight excluding hydrogens is 192 g/mol. The van der Waals surface area contributed by atoms with E-state index in [9.17, 15) is 9.90 Å². The minimum absolute atomic E-state index is 0.310. The summed E-state index contributed by atoms with van der Waals surface area (Å²) in [6.45, 7) is 1.22. The van der Waals surface area contributed by atoms with E-state index >= 15 is 0 Å². The molecule has 13 heavy (non-hydrogen) atoms. The Morgan fingerprint density at radius 2 is 1.85 bits per heavy atom. The van der Waals surface area contributed by atoms with Crippen molar-refractivity contribution in [1.82, 2.24) is 0 Å². The molecule has 1 rings (SSSR count). The number of hydrogen-bond donors (Lipinski definition) is 2. The number of benzene rings is 1. The van der Waals surface area contributed by atoms with Gasteiger partial charge in [0.05, 0.1) is 0 Å². The highest BCUT2D eigenvalue weighted by Gasteiger charge is 2.31. The van der Waals surface area contributed by atoms with Crippen LogP contribution in [0.5, 0.6) is 0 Å². The summed E-state index contributed by atoms with van der Waals surface area (Å²) in [6, 6.07) is 6.04. The molecule has 0 aliphatic heterocycles. The van der Waals surface area contributed by atoms with Crippen LogP contribution in [0, 0.1) is 0 Å². The first-order valence-electron chi connectivity index (χ1n) is 3.66. The number of carboxylic acids is 1. The van der Waals surface area contributed by atoms with Crippen LogP contribution in [0.25, 0.3) is 0 Å². The summed E-state index contributed by atoms with van der Waals surface area (Å²) < 4.78 is 0. The van der Waals surface area contributed by atoms with E-state index in [1.807, 2.05) is 0 Å². The fourth-order valence-corrected chi connectivity index (χ4v) is 1.02. The van der Waals surface area contributed by atoms with Crippen molar-refractivity contribution < 1.29 is 15.0 Å². The van der Waals surface area contributed by atoms with Crippen LogP contribution in [0.15, 0.2) is 24.3 Å². The summed E-state index contributed by atoms with van der Waals surface area (Å²) in [4.78, 5) is 10.6. The summed E-state index contributed by atoms with van der Waals surface area (Å²) in [5, 5.41) is 18.7. The van der Waals surface area contributed by atoms with Crippen LogP contribution in [-0.4, -0.2) is 16.2 Å². The van der Waals surface area contributed by atoms with E-state index in [2.05, 4.69) is 0 Å². The molecular formula is C9H9ClO3. The van der Waals surface area contributed by atoms with Crippen LogP contribution in [0.4, 0.5) is 0 Å². The molecule has 0 aliphatic rings. The Balaban J connectivity index is 3.08. The molecule has 70 valence electrons. The predicted octanol–water partition coefficient (Wildman–Crippen LogP) is 1.63. The average molecular weight is 201 g/mol. The van der Waals surface area contributed by atoms with Gasteiger partial charge < -0.3 is 10.2 Å². The second kappa shape index (κ2) is 3.36. The highest BCUT2D eigenvalue weighted by Crippen LogP contribution is 2.22. The summed E-state index contributed by atoms with van der Waals surface area (Å²) >= 11 is 5.61. The molecule has 4 heteroatoms. The van der Waals surface area contributed by atoms with Crippen LogP contribution in [0.3, 0.4) is 0 Å². The fraction of sp³-hybridized carbons (Fsp3) is 0.222. The van der Waals surface area contributed by atoms with Crippen molar-refractivity contribution in [2.24, 2.45) is 0 Å². The van der Waals surface area contributed by atoms with Gasteiger partial charge in [0.1, 0.15) is 0 Å². The minimum Gasteiger partial charge on any atom is -0.479 e. The molecule has 0 amide bonds. The minimum atomic E-state index is -1.86. The monoisotopic (exact) mass is 200 g/mol. The van der Waals surface area contributed by atoms with Gasteiger partial charge in [-0.2, -0.15) is 0 Å². The van der Waals surface area contributed by atoms with Crippen molar-refractivity contribution in [2.45, 2.75) is 12.5 Å². The molecule has 0 aliphatic carbocycles. The molecule has 2 N–H and O–H groups in total. The first-order valence-corrected chi connectivity index (χ1v) is 4.04. The second-order valence-corrected chi connectivity index (χ2v) is 3.32. The van der Waals surface area contributed by atoms with E-state index in [0.29, 0.717) is 10.6 Å². The standard InChI is InChI=1S/C9H9ClO3/c1-9(13,8(11)12)6-2-4-7(10)5-3-6/h2-5,13H,1H3,(H,11,12)/t9-/m0/s1. The van der Waals surface area contributed by atoms with Gasteiger partial charge in [0.25, 0.3) is 0 Å². The Bertz CT molecular complexity index is 316. The van der Waals surface area contributed by atoms with E-state index in [1.54, 1.807) is 0 Å². The number of hydrogen-bond acceptors (Lipinski definition) is 2. The van der Waals surface area contributed by atoms with Crippen molar-refractivity contribution >= 4 is 17.6 Å². The molecule has 0 saturated carbocycles. The van der Waals surface area contributed by atoms with Gasteiger partial charge in [-0.1, -0.05) is 23.7 Å². The highest BCUT2D eigenvalue weighted by atomic mass is 35.5. The average Bonchev–Trinajstić information content (AvgIpc) is 2.04. The molecule has 0 radical (unpaired) electrons. The Morgan fingerprint density at radius 1 is 1.38 bits per heavy atom. The van der Waals surface area contributed by atoms with Crippen LogP contribution < -0.4 is 0 Å². The normalized spacial score (nSPS) is 15.0. The van der Waals surface area contributed by atoms with E-state index in [1.165, 1.54) is 31.2 Å². The number of rotatable bonds is 2. The first-order chi connectivity index (χ1) is 5.94. The lowest BCUT2D eigenvalue weighted by Gasteiger charge is -2.17. The summed E-state index contributed by atoms with van der Waals surface area (Å²) in [7, 11) is 0. The van der Waals surface area contributed by atoms with Gasteiger partial charge in [0, 0.05) is 5.02 Å². The van der Waals surface area contributed by atoms with Crippen molar-refractivity contribution in [2.75, 3.05) is 0 Å². The zero-order valence-corrected chi connectivity index (χ0v) is 7.75. The van der Waals surface area contributed by atoms with Crippen molar-refractivity contribution in [3.05, 3.63) is 34.9 Å². The maximum Gasteiger partial charge on any atom is 0.340 e. The summed E-state index contributed by atoms with van der Waals surface area (Å²) in [6.07, 6.45) is 0. The van der Waals surface area contributed by atoms with E-state index in [-0.39, 0.29) is 0 Å². The number of carbonyl (C=O) groups is 1. The van der Waals surface area contributed by atoms with Gasteiger partial charge >= 0.3 is 5.97 Å². The van der Waals surface area contributed by atoms with Crippen LogP contribution in [-0.2, 0) is 10.4 Å². The smallest absolute Gasteiger partial charge is 0.340 e. The van der Waals surface area contributed by atoms with Gasteiger partial charge in [-0.05, 0) is 24.6 Å². The lowest BCUT2D eigenvalue weighted by atomic mass is 9.97. The lowest BCUT2D eigenvalue weighted by Crippen LogP contribution is -2.31. The van der Waals surface area contributed by atoms with Gasteiger partial charge in [0.2, 0.25) is 0 Å². The molecule has 1 aromatic rings. The Labute approximate surface area is 80.6 Å². The number of halogens is 1. The van der Waals surface area contributed by atoms with Crippen molar-refractivity contribution in [3.8, 4) is 0 Å². The zero-order valence-electron chi connectivity index (χ0n) is 6.99. The molecule has 0 saturated heterocycles. The molecule has 1 atom stereocenters. The quantitative estimate of drug-likeness (QED) is 0.763. The molecule has 0 bridgehead atoms. The third-order valence-electron chi connectivity index (χ3n) is 1.82. The molecule has 0 aromatic heterocycles. The predicted molar refractivity (Wildman–Crippen MR) is 48.7 cm³/mol. The Kier molecular flexibility index (Phi) is 2.59. The molecule has 0 spiro atoms. The second-order valence-electron chi connectivity index (χ2n) is 2.88. The molecule has 1 aromatic carbocycles. The van der Waals surface area contributed by atoms with E-state index in [0.717, 1.165) is 0 Å². The van der Waals surface area contributed by atoms with Crippen LogP contribution >= 0.6 is 11.6 Å². The largest absolute Gasteiger partial charge is 0.479 e. The first kappa shape index (κ1) is 10.0. The highest BCUT2D eigenvalue weighted by molar-refractivity contribution is 6.30. The van der Waals surface area contributed by atoms with Gasteiger partial charge in [-0.3, -0.25) is 0 Å². The molecule has 0 heterocycles. The van der Waals surface area contributed by atoms with Gasteiger partial charge in [-0.25, -0.2) is 4.79 Å². The SMILES string of the molecule is C[C@@](O)(C(=O)O)c1ccc(Cl)cc1. The van der Waals surface area contributed by atoms with Crippen molar-refractivity contribution in [1.29, 1.82) is 0 Å². The fourth-order valence-electron chi connectivity index (χ4n) is 0.898. The number of carboxylic acid groups (broad SMARTS) is 1. The third-order valence-corrected chi connectivity index (χ3v) is 2.07. The lowest BCUT2D eigenvalue weighted by molar-refractivity contribution is -0.157. The number of aliphatic hydroxyl groups is 1. The molecule has 3 nitrogen and oxygen atoms in total. The molecule has 0 fully saturated rings. The van der Waals surface area contributed by atoms with Crippen LogP contribution in [0.1, 0.15) is 12.5 Å². The molecule has 0 unspecified atom stereocenters. The summed E-state index contributed by atoms with van der Waals surface area (Å²) in [5.74, 6) is -1.28. The van der Waals surface area contributed by atoms with E-state index in [4.69, 9.17) is 16.7 Å². The number of aliphatic carboxylic acids is 1. The summed E-state index contributed by atoms with van der Waals surface area (Å²) in [5.41, 5.74) is -1.55. The third kappa shape index (κ3) is 1.99. The maximum absolute atomic E-state index is 10.6. The Hall–Kier alpha value is -1.06. The van der Waals surface area contributed by atoms with Crippen LogP contribution in [0.2, 0.25) is 5.02 Å². The maximum atomic E-state index is 10.6. The zero-order chi connectivity index (χ0) is 10.1. The van der Waals surface area contributed by atoms with Crippen molar-refractivity contribution in [3.63, 3.8) is 0 Å². The van der Waals surface area contributed by atoms with Gasteiger partial charge in [0.15, 0.2) is 5.60 Å². The topological polar surface area (TPSA) is 57.5 Å². The Morgan fingerprint density at radius 3 is 2.23 bits per heavy atom. The van der Waals surface area contributed by atoms with Gasteiger partial charge in [-0.15, -0.1) is 0 Å². The van der Waals surface area contributed by atoms with E-state index < -0.39 is 11.6 Å².